The summed E-state index contributed by atoms with van der Waals surface area (Å²) < 4.78 is 25.8. The van der Waals surface area contributed by atoms with Crippen LogP contribution in [-0.4, -0.2) is 45.5 Å². The molecule has 2 aliphatic heterocycles. The topological polar surface area (TPSA) is 77.4 Å². The van der Waals surface area contributed by atoms with E-state index < -0.39 is 0 Å². The van der Waals surface area contributed by atoms with Crippen LogP contribution in [0.5, 0.6) is 11.6 Å². The SMILES string of the molecule is O=C(c1cccnc1)N1C[C@@H](COc2cnccn2)[C@@H]2COc3ccc(F)cc3[C@@H]21. The smallest absolute Gasteiger partial charge is 0.255 e. The first-order chi connectivity index (χ1) is 14.7. The van der Waals surface area contributed by atoms with Gasteiger partial charge in [-0.15, -0.1) is 0 Å². The molecule has 0 aliphatic carbocycles. The highest BCUT2D eigenvalue weighted by Crippen LogP contribution is 2.48. The number of fused-ring (bicyclic) bond motifs is 3. The molecule has 152 valence electrons. The average molecular weight is 406 g/mol. The first-order valence-electron chi connectivity index (χ1n) is 9.73. The maximum atomic E-state index is 14.1. The van der Waals surface area contributed by atoms with Crippen LogP contribution >= 0.6 is 0 Å². The van der Waals surface area contributed by atoms with Gasteiger partial charge >= 0.3 is 0 Å². The summed E-state index contributed by atoms with van der Waals surface area (Å²) in [7, 11) is 0. The van der Waals surface area contributed by atoms with Crippen molar-refractivity contribution < 1.29 is 18.7 Å². The second-order valence-electron chi connectivity index (χ2n) is 7.42. The molecule has 0 spiro atoms. The van der Waals surface area contributed by atoms with Gasteiger partial charge in [0.05, 0.1) is 31.0 Å². The van der Waals surface area contributed by atoms with Crippen LogP contribution < -0.4 is 9.47 Å². The molecule has 0 saturated carbocycles. The first-order valence-corrected chi connectivity index (χ1v) is 9.73. The molecule has 0 N–H and O–H groups in total. The quantitative estimate of drug-likeness (QED) is 0.663. The van der Waals surface area contributed by atoms with Gasteiger partial charge in [0, 0.05) is 48.7 Å². The fourth-order valence-electron chi connectivity index (χ4n) is 4.28. The molecule has 1 aromatic carbocycles. The minimum Gasteiger partial charge on any atom is -0.493 e. The Balaban J connectivity index is 1.47. The maximum absolute atomic E-state index is 14.1. The molecule has 2 aromatic heterocycles. The van der Waals surface area contributed by atoms with Crippen molar-refractivity contribution in [3.63, 3.8) is 0 Å². The molecule has 4 heterocycles. The Morgan fingerprint density at radius 3 is 2.90 bits per heavy atom. The van der Waals surface area contributed by atoms with Gasteiger partial charge in [-0.25, -0.2) is 9.37 Å². The summed E-state index contributed by atoms with van der Waals surface area (Å²) in [6.45, 7) is 1.24. The molecule has 2 aliphatic rings. The van der Waals surface area contributed by atoms with E-state index in [-0.39, 0.29) is 29.6 Å². The van der Waals surface area contributed by atoms with Crippen LogP contribution in [0.2, 0.25) is 0 Å². The lowest BCUT2D eigenvalue weighted by atomic mass is 9.85. The van der Waals surface area contributed by atoms with E-state index in [1.807, 2.05) is 0 Å². The molecule has 0 radical (unpaired) electrons. The van der Waals surface area contributed by atoms with Gasteiger partial charge in [0.25, 0.3) is 5.91 Å². The predicted octanol–water partition coefficient (Wildman–Crippen LogP) is 2.91. The van der Waals surface area contributed by atoms with Gasteiger partial charge in [-0.3, -0.25) is 14.8 Å². The summed E-state index contributed by atoms with van der Waals surface area (Å²) in [5.74, 6) is 0.500. The van der Waals surface area contributed by atoms with Gasteiger partial charge in [-0.05, 0) is 30.3 Å². The lowest BCUT2D eigenvalue weighted by Crippen LogP contribution is -2.35. The van der Waals surface area contributed by atoms with Gasteiger partial charge in [-0.1, -0.05) is 0 Å². The van der Waals surface area contributed by atoms with Gasteiger partial charge in [-0.2, -0.15) is 0 Å². The van der Waals surface area contributed by atoms with E-state index in [4.69, 9.17) is 9.47 Å². The van der Waals surface area contributed by atoms with Crippen molar-refractivity contribution in [3.05, 3.63) is 78.3 Å². The number of amides is 1. The van der Waals surface area contributed by atoms with E-state index in [1.165, 1.54) is 12.1 Å². The normalized spacial score (nSPS) is 22.0. The molecule has 3 aromatic rings. The number of halogens is 1. The molecular formula is C22H19FN4O3. The Hall–Kier alpha value is -3.55. The zero-order valence-electron chi connectivity index (χ0n) is 16.0. The third-order valence-electron chi connectivity index (χ3n) is 5.65. The number of benzene rings is 1. The number of aromatic nitrogens is 3. The molecule has 0 bridgehead atoms. The van der Waals surface area contributed by atoms with Crippen LogP contribution in [0.4, 0.5) is 4.39 Å². The Morgan fingerprint density at radius 2 is 2.10 bits per heavy atom. The van der Waals surface area contributed by atoms with E-state index >= 15 is 0 Å². The summed E-state index contributed by atoms with van der Waals surface area (Å²) in [5, 5.41) is 0. The average Bonchev–Trinajstić information content (AvgIpc) is 3.17. The molecule has 8 heteroatoms. The Kier molecular flexibility index (Phi) is 4.74. The summed E-state index contributed by atoms with van der Waals surface area (Å²) in [6.07, 6.45) is 7.86. The number of carbonyl (C=O) groups excluding carboxylic acids is 1. The Labute approximate surface area is 172 Å². The molecule has 1 amide bonds. The summed E-state index contributed by atoms with van der Waals surface area (Å²) in [6, 6.07) is 7.62. The summed E-state index contributed by atoms with van der Waals surface area (Å²) in [5.41, 5.74) is 1.18. The summed E-state index contributed by atoms with van der Waals surface area (Å²) in [4.78, 5) is 27.3. The van der Waals surface area contributed by atoms with Crippen molar-refractivity contribution >= 4 is 5.91 Å². The standard InChI is InChI=1S/C22H19FN4O3/c23-16-3-4-19-17(8-16)21-18(13-29-19)15(12-30-20-10-25-6-7-26-20)11-27(21)22(28)14-2-1-5-24-9-14/h1-10,15,18,21H,11-13H2/t15-,18-,21-/m0/s1. The van der Waals surface area contributed by atoms with Gasteiger partial charge < -0.3 is 14.4 Å². The molecule has 3 atom stereocenters. The van der Waals surface area contributed by atoms with Crippen molar-refractivity contribution in [2.24, 2.45) is 11.8 Å². The van der Waals surface area contributed by atoms with Crippen molar-refractivity contribution in [2.75, 3.05) is 19.8 Å². The minimum atomic E-state index is -0.356. The van der Waals surface area contributed by atoms with Crippen molar-refractivity contribution in [2.45, 2.75) is 6.04 Å². The number of hydrogen-bond donors (Lipinski definition) is 0. The Morgan fingerprint density at radius 1 is 1.20 bits per heavy atom. The number of carbonyl (C=O) groups is 1. The van der Waals surface area contributed by atoms with Crippen LogP contribution in [-0.2, 0) is 0 Å². The monoisotopic (exact) mass is 406 g/mol. The maximum Gasteiger partial charge on any atom is 0.255 e. The minimum absolute atomic E-state index is 0.00551. The van der Waals surface area contributed by atoms with E-state index in [2.05, 4.69) is 15.0 Å². The predicted molar refractivity (Wildman–Crippen MR) is 104 cm³/mol. The number of pyridine rings is 1. The van der Waals surface area contributed by atoms with Gasteiger partial charge in [0.1, 0.15) is 11.6 Å². The third-order valence-corrected chi connectivity index (χ3v) is 5.65. The first kappa shape index (κ1) is 18.5. The van der Waals surface area contributed by atoms with Gasteiger partial charge in [0.15, 0.2) is 0 Å². The van der Waals surface area contributed by atoms with Crippen molar-refractivity contribution in [1.82, 2.24) is 19.9 Å². The number of ether oxygens (including phenoxy) is 2. The lowest BCUT2D eigenvalue weighted by molar-refractivity contribution is 0.0673. The van der Waals surface area contributed by atoms with Crippen LogP contribution in [0.1, 0.15) is 22.0 Å². The van der Waals surface area contributed by atoms with Crippen LogP contribution in [0.25, 0.3) is 0 Å². The fourth-order valence-corrected chi connectivity index (χ4v) is 4.28. The largest absolute Gasteiger partial charge is 0.493 e. The molecule has 30 heavy (non-hydrogen) atoms. The second kappa shape index (κ2) is 7.70. The van der Waals surface area contributed by atoms with Crippen LogP contribution in [0.3, 0.4) is 0 Å². The van der Waals surface area contributed by atoms with Crippen molar-refractivity contribution in [3.8, 4) is 11.6 Å². The Bertz CT molecular complexity index is 1050. The lowest BCUT2D eigenvalue weighted by Gasteiger charge is -2.34. The highest BCUT2D eigenvalue weighted by molar-refractivity contribution is 5.94. The molecular weight excluding hydrogens is 387 g/mol. The molecule has 5 rings (SSSR count). The number of nitrogens with zero attached hydrogens (tertiary/aromatic N) is 4. The molecule has 1 fully saturated rings. The third kappa shape index (κ3) is 3.34. The van der Waals surface area contributed by atoms with E-state index in [1.54, 1.807) is 54.1 Å². The summed E-state index contributed by atoms with van der Waals surface area (Å²) >= 11 is 0. The van der Waals surface area contributed by atoms with Gasteiger partial charge in [0.2, 0.25) is 5.88 Å². The molecule has 1 saturated heterocycles. The fraction of sp³-hybridized carbons (Fsp3) is 0.273. The zero-order chi connectivity index (χ0) is 20.5. The zero-order valence-corrected chi connectivity index (χ0v) is 16.0. The molecule has 7 nitrogen and oxygen atoms in total. The van der Waals surface area contributed by atoms with E-state index in [0.717, 1.165) is 0 Å². The number of hydrogen-bond acceptors (Lipinski definition) is 6. The highest BCUT2D eigenvalue weighted by Gasteiger charge is 2.48. The van der Waals surface area contributed by atoms with Crippen molar-refractivity contribution in [1.29, 1.82) is 0 Å². The highest BCUT2D eigenvalue weighted by atomic mass is 19.1. The van der Waals surface area contributed by atoms with Crippen LogP contribution in [0, 0.1) is 17.7 Å². The molecule has 0 unspecified atom stereocenters. The van der Waals surface area contributed by atoms with Crippen LogP contribution in [0.15, 0.2) is 61.3 Å². The van der Waals surface area contributed by atoms with E-state index in [9.17, 15) is 9.18 Å². The second-order valence-corrected chi connectivity index (χ2v) is 7.42. The van der Waals surface area contributed by atoms with E-state index in [0.29, 0.717) is 42.5 Å². The number of likely N-dealkylation sites (tertiary alicyclic amines) is 1. The number of rotatable bonds is 4.